The van der Waals surface area contributed by atoms with Crippen LogP contribution in [0.5, 0.6) is 5.75 Å². The number of nitrogens with one attached hydrogen (secondary N) is 2. The molecule has 27 heavy (non-hydrogen) atoms. The summed E-state index contributed by atoms with van der Waals surface area (Å²) in [4.78, 5) is 26.3. The Hall–Kier alpha value is -2.73. The van der Waals surface area contributed by atoms with Crippen LogP contribution in [0.4, 0.5) is 11.4 Å². The topological polar surface area (TPSA) is 70.7 Å². The van der Waals surface area contributed by atoms with Crippen LogP contribution in [0.2, 0.25) is 5.02 Å². The SMILES string of the molecule is CCN(CC)C(=O)c1cccc(NCC(=O)Nc2ccc(OC)c(Cl)c2)c1. The van der Waals surface area contributed by atoms with Crippen LogP contribution in [-0.4, -0.2) is 43.5 Å². The molecule has 0 aromatic heterocycles. The third-order valence-electron chi connectivity index (χ3n) is 4.05. The van der Waals surface area contributed by atoms with Gasteiger partial charge in [-0.2, -0.15) is 0 Å². The number of methoxy groups -OCH3 is 1. The van der Waals surface area contributed by atoms with E-state index in [0.29, 0.717) is 40.8 Å². The fourth-order valence-corrected chi connectivity index (χ4v) is 2.84. The van der Waals surface area contributed by atoms with Crippen molar-refractivity contribution in [3.05, 3.63) is 53.1 Å². The van der Waals surface area contributed by atoms with Crippen molar-refractivity contribution < 1.29 is 14.3 Å². The van der Waals surface area contributed by atoms with Gasteiger partial charge in [-0.1, -0.05) is 17.7 Å². The normalized spacial score (nSPS) is 10.2. The van der Waals surface area contributed by atoms with E-state index in [4.69, 9.17) is 16.3 Å². The minimum atomic E-state index is -0.225. The van der Waals surface area contributed by atoms with Crippen molar-refractivity contribution in [1.82, 2.24) is 4.90 Å². The molecule has 0 aliphatic heterocycles. The van der Waals surface area contributed by atoms with Gasteiger partial charge in [0.05, 0.1) is 18.7 Å². The highest BCUT2D eigenvalue weighted by atomic mass is 35.5. The molecule has 0 heterocycles. The van der Waals surface area contributed by atoms with Gasteiger partial charge in [0.25, 0.3) is 5.91 Å². The molecule has 2 aromatic carbocycles. The molecular formula is C20H24ClN3O3. The van der Waals surface area contributed by atoms with Crippen LogP contribution < -0.4 is 15.4 Å². The number of anilines is 2. The smallest absolute Gasteiger partial charge is 0.253 e. The zero-order chi connectivity index (χ0) is 19.8. The van der Waals surface area contributed by atoms with Gasteiger partial charge in [0.1, 0.15) is 5.75 Å². The number of nitrogens with zero attached hydrogens (tertiary/aromatic N) is 1. The summed E-state index contributed by atoms with van der Waals surface area (Å²) >= 11 is 6.05. The van der Waals surface area contributed by atoms with Gasteiger partial charge in [-0.25, -0.2) is 0 Å². The van der Waals surface area contributed by atoms with E-state index in [-0.39, 0.29) is 18.4 Å². The van der Waals surface area contributed by atoms with Gasteiger partial charge >= 0.3 is 0 Å². The summed E-state index contributed by atoms with van der Waals surface area (Å²) in [6.07, 6.45) is 0. The van der Waals surface area contributed by atoms with Gasteiger partial charge in [-0.15, -0.1) is 0 Å². The van der Waals surface area contributed by atoms with E-state index in [1.54, 1.807) is 41.3 Å². The molecule has 0 radical (unpaired) electrons. The Kier molecular flexibility index (Phi) is 7.49. The van der Waals surface area contributed by atoms with Crippen molar-refractivity contribution in [3.63, 3.8) is 0 Å². The molecule has 2 N–H and O–H groups in total. The molecule has 0 aliphatic rings. The minimum Gasteiger partial charge on any atom is -0.495 e. The monoisotopic (exact) mass is 389 g/mol. The highest BCUT2D eigenvalue weighted by Gasteiger charge is 2.13. The lowest BCUT2D eigenvalue weighted by Crippen LogP contribution is -2.30. The molecule has 0 bridgehead atoms. The number of carbonyl (C=O) groups is 2. The Bertz CT molecular complexity index is 807. The highest BCUT2D eigenvalue weighted by molar-refractivity contribution is 6.32. The maximum atomic E-state index is 12.4. The molecule has 0 saturated heterocycles. The second-order valence-corrected chi connectivity index (χ2v) is 6.22. The maximum absolute atomic E-state index is 12.4. The molecule has 0 unspecified atom stereocenters. The first-order chi connectivity index (χ1) is 13.0. The molecule has 144 valence electrons. The van der Waals surface area contributed by atoms with Crippen molar-refractivity contribution in [2.45, 2.75) is 13.8 Å². The molecule has 0 spiro atoms. The number of hydrogen-bond acceptors (Lipinski definition) is 4. The Morgan fingerprint density at radius 3 is 2.44 bits per heavy atom. The van der Waals surface area contributed by atoms with Crippen LogP contribution in [-0.2, 0) is 4.79 Å². The average Bonchev–Trinajstić information content (AvgIpc) is 2.67. The first kappa shape index (κ1) is 20.6. The van der Waals surface area contributed by atoms with Crippen LogP contribution in [0, 0.1) is 0 Å². The summed E-state index contributed by atoms with van der Waals surface area (Å²) in [5, 5.41) is 6.22. The summed E-state index contributed by atoms with van der Waals surface area (Å²) in [7, 11) is 1.53. The molecule has 0 saturated carbocycles. The van der Waals surface area contributed by atoms with Crippen molar-refractivity contribution >= 4 is 34.8 Å². The first-order valence-electron chi connectivity index (χ1n) is 8.75. The van der Waals surface area contributed by atoms with Crippen molar-refractivity contribution in [1.29, 1.82) is 0 Å². The fourth-order valence-electron chi connectivity index (χ4n) is 2.59. The predicted octanol–water partition coefficient (Wildman–Crippen LogP) is 3.88. The largest absolute Gasteiger partial charge is 0.495 e. The molecule has 0 fully saturated rings. The van der Waals surface area contributed by atoms with Crippen LogP contribution in [0.25, 0.3) is 0 Å². The molecule has 0 atom stereocenters. The van der Waals surface area contributed by atoms with Gasteiger partial charge in [-0.05, 0) is 50.2 Å². The number of ether oxygens (including phenoxy) is 1. The number of carbonyl (C=O) groups excluding carboxylic acids is 2. The van der Waals surface area contributed by atoms with Gasteiger partial charge in [0.15, 0.2) is 0 Å². The Morgan fingerprint density at radius 2 is 1.81 bits per heavy atom. The Labute approximate surface area is 164 Å². The number of halogens is 1. The van der Waals surface area contributed by atoms with E-state index in [9.17, 15) is 9.59 Å². The van der Waals surface area contributed by atoms with Gasteiger partial charge in [0, 0.05) is 30.0 Å². The molecular weight excluding hydrogens is 366 g/mol. The second kappa shape index (κ2) is 9.83. The Balaban J connectivity index is 1.96. The van der Waals surface area contributed by atoms with Gasteiger partial charge in [-0.3, -0.25) is 9.59 Å². The van der Waals surface area contributed by atoms with Crippen LogP contribution in [0.3, 0.4) is 0 Å². The molecule has 0 aliphatic carbocycles. The van der Waals surface area contributed by atoms with E-state index in [0.717, 1.165) is 0 Å². The number of hydrogen-bond donors (Lipinski definition) is 2. The van der Waals surface area contributed by atoms with E-state index < -0.39 is 0 Å². The zero-order valence-electron chi connectivity index (χ0n) is 15.7. The number of benzene rings is 2. The summed E-state index contributed by atoms with van der Waals surface area (Å²) in [6, 6.07) is 12.2. The van der Waals surface area contributed by atoms with Crippen LogP contribution >= 0.6 is 11.6 Å². The van der Waals surface area contributed by atoms with Crippen LogP contribution in [0.1, 0.15) is 24.2 Å². The predicted molar refractivity (Wildman–Crippen MR) is 109 cm³/mol. The number of rotatable bonds is 8. The molecule has 2 amide bonds. The Morgan fingerprint density at radius 1 is 1.07 bits per heavy atom. The van der Waals surface area contributed by atoms with E-state index in [1.165, 1.54) is 7.11 Å². The summed E-state index contributed by atoms with van der Waals surface area (Å²) < 4.78 is 5.09. The third kappa shape index (κ3) is 5.62. The first-order valence-corrected chi connectivity index (χ1v) is 9.12. The van der Waals surface area contributed by atoms with Crippen LogP contribution in [0.15, 0.2) is 42.5 Å². The van der Waals surface area contributed by atoms with Gasteiger partial charge in [0.2, 0.25) is 5.91 Å². The minimum absolute atomic E-state index is 0.0269. The fraction of sp³-hybridized carbons (Fsp3) is 0.300. The highest BCUT2D eigenvalue weighted by Crippen LogP contribution is 2.27. The zero-order valence-corrected chi connectivity index (χ0v) is 16.5. The lowest BCUT2D eigenvalue weighted by Gasteiger charge is -2.19. The summed E-state index contributed by atoms with van der Waals surface area (Å²) in [5.41, 5.74) is 1.88. The molecule has 6 nitrogen and oxygen atoms in total. The van der Waals surface area contributed by atoms with E-state index >= 15 is 0 Å². The lowest BCUT2D eigenvalue weighted by atomic mass is 10.1. The maximum Gasteiger partial charge on any atom is 0.253 e. The lowest BCUT2D eigenvalue weighted by molar-refractivity contribution is -0.114. The molecule has 2 rings (SSSR count). The van der Waals surface area contributed by atoms with Crippen molar-refractivity contribution in [3.8, 4) is 5.75 Å². The molecule has 2 aromatic rings. The standard InChI is InChI=1S/C20H24ClN3O3/c1-4-24(5-2)20(26)14-7-6-8-15(11-14)22-13-19(25)23-16-9-10-18(27-3)17(21)12-16/h6-12,22H,4-5,13H2,1-3H3,(H,23,25). The van der Waals surface area contributed by atoms with E-state index in [1.807, 2.05) is 19.9 Å². The average molecular weight is 390 g/mol. The van der Waals surface area contributed by atoms with E-state index in [2.05, 4.69) is 10.6 Å². The van der Waals surface area contributed by atoms with Gasteiger partial charge < -0.3 is 20.3 Å². The van der Waals surface area contributed by atoms with Crippen molar-refractivity contribution in [2.24, 2.45) is 0 Å². The summed E-state index contributed by atoms with van der Waals surface area (Å²) in [6.45, 7) is 5.25. The quantitative estimate of drug-likeness (QED) is 0.718. The molecule has 7 heteroatoms. The second-order valence-electron chi connectivity index (χ2n) is 5.81. The van der Waals surface area contributed by atoms with Crippen molar-refractivity contribution in [2.75, 3.05) is 37.4 Å². The number of amides is 2. The summed E-state index contributed by atoms with van der Waals surface area (Å²) in [5.74, 6) is 0.292. The third-order valence-corrected chi connectivity index (χ3v) is 4.34.